The third-order valence-corrected chi connectivity index (χ3v) is 4.04. The van der Waals surface area contributed by atoms with E-state index in [4.69, 9.17) is 5.11 Å². The fourth-order valence-electron chi connectivity index (χ4n) is 1.75. The first-order chi connectivity index (χ1) is 8.32. The Morgan fingerprint density at radius 1 is 1.33 bits per heavy atom. The van der Waals surface area contributed by atoms with Crippen LogP contribution in [0.4, 0.5) is 0 Å². The topological polar surface area (TPSA) is 74.7 Å². The summed E-state index contributed by atoms with van der Waals surface area (Å²) in [6.45, 7) is 1.72. The molecule has 1 aromatic carbocycles. The number of carboxylic acids is 1. The Balaban J connectivity index is 2.93. The molecule has 0 bridgehead atoms. The predicted octanol–water partition coefficient (Wildman–Crippen LogP) is 1.48. The van der Waals surface area contributed by atoms with Gasteiger partial charge in [-0.25, -0.2) is 8.42 Å². The number of carboxylic acid groups (broad SMARTS) is 1. The summed E-state index contributed by atoms with van der Waals surface area (Å²) in [4.78, 5) is 10.6. The second kappa shape index (κ2) is 5.97. The molecule has 0 amide bonds. The van der Waals surface area contributed by atoms with Crippen LogP contribution in [0.1, 0.15) is 24.9 Å². The lowest BCUT2D eigenvalue weighted by Crippen LogP contribution is -2.34. The number of benzene rings is 1. The van der Waals surface area contributed by atoms with Crippen LogP contribution in [0.25, 0.3) is 0 Å². The number of carbonyl (C=O) groups is 1. The SMILES string of the molecule is CC(c1ccccc1)N(CCC(=O)O)S(C)(=O)=O. The highest BCUT2D eigenvalue weighted by Gasteiger charge is 2.24. The summed E-state index contributed by atoms with van der Waals surface area (Å²) < 4.78 is 24.6. The van der Waals surface area contributed by atoms with Crippen molar-refractivity contribution in [2.75, 3.05) is 12.8 Å². The Labute approximate surface area is 107 Å². The van der Waals surface area contributed by atoms with Crippen LogP contribution in [-0.4, -0.2) is 36.6 Å². The van der Waals surface area contributed by atoms with E-state index in [1.165, 1.54) is 4.31 Å². The summed E-state index contributed by atoms with van der Waals surface area (Å²) in [5.74, 6) is -1.01. The zero-order chi connectivity index (χ0) is 13.8. The molecule has 6 heteroatoms. The maximum Gasteiger partial charge on any atom is 0.304 e. The third kappa shape index (κ3) is 4.12. The molecule has 0 aliphatic rings. The molecule has 0 aliphatic heterocycles. The van der Waals surface area contributed by atoms with Gasteiger partial charge < -0.3 is 5.11 Å². The Morgan fingerprint density at radius 3 is 2.33 bits per heavy atom. The van der Waals surface area contributed by atoms with E-state index >= 15 is 0 Å². The van der Waals surface area contributed by atoms with Gasteiger partial charge in [-0.1, -0.05) is 30.3 Å². The van der Waals surface area contributed by atoms with Crippen molar-refractivity contribution in [2.24, 2.45) is 0 Å². The van der Waals surface area contributed by atoms with Gasteiger partial charge in [-0.3, -0.25) is 4.79 Å². The lowest BCUT2D eigenvalue weighted by Gasteiger charge is -2.26. The Morgan fingerprint density at radius 2 is 1.89 bits per heavy atom. The van der Waals surface area contributed by atoms with E-state index in [1.54, 1.807) is 6.92 Å². The van der Waals surface area contributed by atoms with Crippen molar-refractivity contribution in [3.63, 3.8) is 0 Å². The zero-order valence-electron chi connectivity index (χ0n) is 10.4. The quantitative estimate of drug-likeness (QED) is 0.850. The van der Waals surface area contributed by atoms with Gasteiger partial charge in [-0.05, 0) is 12.5 Å². The van der Waals surface area contributed by atoms with Gasteiger partial charge in [0.05, 0.1) is 12.7 Å². The van der Waals surface area contributed by atoms with E-state index in [0.717, 1.165) is 11.8 Å². The summed E-state index contributed by atoms with van der Waals surface area (Å²) >= 11 is 0. The van der Waals surface area contributed by atoms with Crippen LogP contribution in [0.5, 0.6) is 0 Å². The van der Waals surface area contributed by atoms with Crippen molar-refractivity contribution in [1.82, 2.24) is 4.31 Å². The number of nitrogens with zero attached hydrogens (tertiary/aromatic N) is 1. The molecule has 0 fully saturated rings. The molecule has 1 N–H and O–H groups in total. The Hall–Kier alpha value is -1.40. The largest absolute Gasteiger partial charge is 0.481 e. The van der Waals surface area contributed by atoms with Crippen molar-refractivity contribution in [1.29, 1.82) is 0 Å². The molecule has 5 nitrogen and oxygen atoms in total. The van der Waals surface area contributed by atoms with Crippen molar-refractivity contribution < 1.29 is 18.3 Å². The number of hydrogen-bond acceptors (Lipinski definition) is 3. The van der Waals surface area contributed by atoms with Crippen LogP contribution in [0.3, 0.4) is 0 Å². The fraction of sp³-hybridized carbons (Fsp3) is 0.417. The van der Waals surface area contributed by atoms with E-state index in [-0.39, 0.29) is 19.0 Å². The molecule has 1 rings (SSSR count). The molecular formula is C12H17NO4S. The predicted molar refractivity (Wildman–Crippen MR) is 68.7 cm³/mol. The first-order valence-electron chi connectivity index (χ1n) is 5.56. The van der Waals surface area contributed by atoms with Gasteiger partial charge in [0.2, 0.25) is 10.0 Å². The fourth-order valence-corrected chi connectivity index (χ4v) is 2.87. The Kier molecular flexibility index (Phi) is 4.86. The standard InChI is InChI=1S/C12H17NO4S/c1-10(11-6-4-3-5-7-11)13(18(2,16)17)9-8-12(14)15/h3-7,10H,8-9H2,1-2H3,(H,14,15). The number of sulfonamides is 1. The molecule has 0 saturated carbocycles. The highest BCUT2D eigenvalue weighted by Crippen LogP contribution is 2.22. The van der Waals surface area contributed by atoms with E-state index < -0.39 is 16.0 Å². The molecule has 1 atom stereocenters. The highest BCUT2D eigenvalue weighted by atomic mass is 32.2. The molecule has 18 heavy (non-hydrogen) atoms. The number of rotatable bonds is 6. The molecule has 0 radical (unpaired) electrons. The van der Waals surface area contributed by atoms with E-state index in [0.29, 0.717) is 0 Å². The lowest BCUT2D eigenvalue weighted by molar-refractivity contribution is -0.137. The second-order valence-electron chi connectivity index (χ2n) is 4.10. The zero-order valence-corrected chi connectivity index (χ0v) is 11.2. The third-order valence-electron chi connectivity index (χ3n) is 2.69. The van der Waals surface area contributed by atoms with Crippen LogP contribution in [0.2, 0.25) is 0 Å². The average molecular weight is 271 g/mol. The van der Waals surface area contributed by atoms with Gasteiger partial charge in [0.1, 0.15) is 0 Å². The maximum atomic E-state index is 11.7. The molecule has 0 aliphatic carbocycles. The summed E-state index contributed by atoms with van der Waals surface area (Å²) in [6, 6.07) is 8.76. The molecular weight excluding hydrogens is 254 g/mol. The first-order valence-corrected chi connectivity index (χ1v) is 7.40. The van der Waals surface area contributed by atoms with Crippen molar-refractivity contribution in [2.45, 2.75) is 19.4 Å². The monoisotopic (exact) mass is 271 g/mol. The molecule has 0 spiro atoms. The number of hydrogen-bond donors (Lipinski definition) is 1. The van der Waals surface area contributed by atoms with Crippen molar-refractivity contribution >= 4 is 16.0 Å². The minimum atomic E-state index is -3.44. The maximum absolute atomic E-state index is 11.7. The molecule has 100 valence electrons. The summed E-state index contributed by atoms with van der Waals surface area (Å²) in [6.07, 6.45) is 0.887. The van der Waals surface area contributed by atoms with Crippen LogP contribution in [-0.2, 0) is 14.8 Å². The average Bonchev–Trinajstić information content (AvgIpc) is 2.28. The van der Waals surface area contributed by atoms with Crippen LogP contribution < -0.4 is 0 Å². The summed E-state index contributed by atoms with van der Waals surface area (Å²) in [5.41, 5.74) is 0.841. The molecule has 0 aromatic heterocycles. The normalized spacial score (nSPS) is 13.5. The van der Waals surface area contributed by atoms with Gasteiger partial charge >= 0.3 is 5.97 Å². The molecule has 1 aromatic rings. The van der Waals surface area contributed by atoms with E-state index in [2.05, 4.69) is 0 Å². The minimum absolute atomic E-state index is 0.0236. The molecule has 1 unspecified atom stereocenters. The van der Waals surface area contributed by atoms with E-state index in [9.17, 15) is 13.2 Å². The molecule has 0 saturated heterocycles. The lowest BCUT2D eigenvalue weighted by atomic mass is 10.1. The van der Waals surface area contributed by atoms with Gasteiger partial charge in [0.25, 0.3) is 0 Å². The van der Waals surface area contributed by atoms with Crippen LogP contribution >= 0.6 is 0 Å². The van der Waals surface area contributed by atoms with Gasteiger partial charge in [0.15, 0.2) is 0 Å². The van der Waals surface area contributed by atoms with Gasteiger partial charge in [-0.15, -0.1) is 0 Å². The van der Waals surface area contributed by atoms with Crippen molar-refractivity contribution in [3.8, 4) is 0 Å². The van der Waals surface area contributed by atoms with Crippen LogP contribution in [0, 0.1) is 0 Å². The molecule has 0 heterocycles. The van der Waals surface area contributed by atoms with Crippen LogP contribution in [0.15, 0.2) is 30.3 Å². The smallest absolute Gasteiger partial charge is 0.304 e. The van der Waals surface area contributed by atoms with E-state index in [1.807, 2.05) is 30.3 Å². The van der Waals surface area contributed by atoms with Crippen molar-refractivity contribution in [3.05, 3.63) is 35.9 Å². The first kappa shape index (κ1) is 14.7. The summed E-state index contributed by atoms with van der Waals surface area (Å²) in [5, 5.41) is 8.66. The summed E-state index contributed by atoms with van der Waals surface area (Å²) in [7, 11) is -3.44. The van der Waals surface area contributed by atoms with Gasteiger partial charge in [-0.2, -0.15) is 4.31 Å². The second-order valence-corrected chi connectivity index (χ2v) is 6.04. The number of aliphatic carboxylic acids is 1. The Bertz CT molecular complexity index is 498. The highest BCUT2D eigenvalue weighted by molar-refractivity contribution is 7.88. The van der Waals surface area contributed by atoms with Gasteiger partial charge in [0, 0.05) is 12.6 Å². The minimum Gasteiger partial charge on any atom is -0.481 e.